The van der Waals surface area contributed by atoms with Crippen LogP contribution < -0.4 is 4.74 Å². The predicted molar refractivity (Wildman–Crippen MR) is 79.8 cm³/mol. The molecule has 0 saturated heterocycles. The Hall–Kier alpha value is -2.60. The van der Waals surface area contributed by atoms with Crippen LogP contribution in [0.25, 0.3) is 0 Å². The first-order chi connectivity index (χ1) is 10.4. The summed E-state index contributed by atoms with van der Waals surface area (Å²) >= 11 is 0. The van der Waals surface area contributed by atoms with Gasteiger partial charge in [-0.15, -0.1) is 0 Å². The zero-order chi connectivity index (χ0) is 15.6. The first-order valence-electron chi connectivity index (χ1n) is 6.85. The molecule has 0 saturated carbocycles. The van der Waals surface area contributed by atoms with E-state index >= 15 is 0 Å². The number of phenols is 4. The maximum absolute atomic E-state index is 10.9. The second kappa shape index (κ2) is 3.98. The number of phenolic OH excluding ortho intramolecular Hbond substituents is 4. The number of ether oxygens (including phenoxy) is 1. The van der Waals surface area contributed by atoms with Gasteiger partial charge in [-0.25, -0.2) is 0 Å². The third-order valence-electron chi connectivity index (χ3n) is 4.50. The minimum absolute atomic E-state index is 0. The summed E-state index contributed by atoms with van der Waals surface area (Å²) in [6, 6.07) is 5.77. The van der Waals surface area contributed by atoms with Crippen molar-refractivity contribution in [2.45, 2.75) is 17.9 Å². The molecule has 6 heteroatoms. The van der Waals surface area contributed by atoms with Gasteiger partial charge in [0.25, 0.3) is 0 Å². The van der Waals surface area contributed by atoms with Gasteiger partial charge in [0.2, 0.25) is 5.75 Å². The van der Waals surface area contributed by atoms with Gasteiger partial charge in [-0.2, -0.15) is 0 Å². The van der Waals surface area contributed by atoms with Gasteiger partial charge in [-0.3, -0.25) is 0 Å². The topological polar surface area (TPSA) is 110 Å². The largest absolute Gasteiger partial charge is 0.504 e. The van der Waals surface area contributed by atoms with Crippen molar-refractivity contribution in [3.8, 4) is 28.7 Å². The van der Waals surface area contributed by atoms with Crippen molar-refractivity contribution in [2.24, 2.45) is 0 Å². The Kier molecular flexibility index (Phi) is 2.37. The van der Waals surface area contributed by atoms with Crippen molar-refractivity contribution < 1.29 is 33.1 Å². The van der Waals surface area contributed by atoms with Gasteiger partial charge in [0.1, 0.15) is 12.2 Å². The highest BCUT2D eigenvalue weighted by Crippen LogP contribution is 2.55. The van der Waals surface area contributed by atoms with E-state index in [0.29, 0.717) is 16.7 Å². The maximum atomic E-state index is 10.9. The summed E-state index contributed by atoms with van der Waals surface area (Å²) in [5, 5.41) is 49.8. The molecule has 22 heavy (non-hydrogen) atoms. The Morgan fingerprint density at radius 3 is 2.50 bits per heavy atom. The fourth-order valence-electron chi connectivity index (χ4n) is 3.52. The molecule has 0 aromatic heterocycles. The SMILES string of the molecule is Oc1cc2c(cc1O)C1c3ccc(O)c(O)c3OCC1(O)C2.[HH].[HH]. The van der Waals surface area contributed by atoms with E-state index in [1.807, 2.05) is 0 Å². The van der Waals surface area contributed by atoms with E-state index in [1.165, 1.54) is 18.2 Å². The molecule has 118 valence electrons. The Morgan fingerprint density at radius 2 is 1.73 bits per heavy atom. The summed E-state index contributed by atoms with van der Waals surface area (Å²) in [5.41, 5.74) is 0.700. The standard InChI is InChI=1S/C16H14O6.2H2/c17-10-2-1-8-13-9-4-12(19)11(18)3-7(9)5-16(13,21)6-22-15(8)14(10)20;;/h1-4,13,17-21H,5-6H2;2*1H. The van der Waals surface area contributed by atoms with Gasteiger partial charge in [0.05, 0.1) is 0 Å². The van der Waals surface area contributed by atoms with Gasteiger partial charge in [0.15, 0.2) is 23.0 Å². The molecule has 2 aromatic carbocycles. The molecule has 2 atom stereocenters. The molecule has 0 bridgehead atoms. The number of hydrogen-bond acceptors (Lipinski definition) is 6. The molecule has 0 fully saturated rings. The number of rotatable bonds is 0. The zero-order valence-corrected chi connectivity index (χ0v) is 11.4. The Morgan fingerprint density at radius 1 is 1.00 bits per heavy atom. The molecule has 2 unspecified atom stereocenters. The molecule has 1 aliphatic heterocycles. The van der Waals surface area contributed by atoms with Gasteiger partial charge in [-0.1, -0.05) is 6.07 Å². The van der Waals surface area contributed by atoms with Gasteiger partial charge in [-0.05, 0) is 29.3 Å². The third kappa shape index (κ3) is 1.52. The van der Waals surface area contributed by atoms with Crippen molar-refractivity contribution in [1.82, 2.24) is 0 Å². The van der Waals surface area contributed by atoms with Gasteiger partial charge >= 0.3 is 0 Å². The van der Waals surface area contributed by atoms with Crippen LogP contribution in [0, 0.1) is 0 Å². The van der Waals surface area contributed by atoms with Gasteiger partial charge < -0.3 is 30.3 Å². The normalized spacial score (nSPS) is 25.0. The quantitative estimate of drug-likeness (QED) is 0.475. The highest BCUT2D eigenvalue weighted by Gasteiger charge is 2.51. The Balaban J connectivity index is 0.00000104. The summed E-state index contributed by atoms with van der Waals surface area (Å²) in [6.45, 7) is -0.0577. The molecule has 1 heterocycles. The average Bonchev–Trinajstić information content (AvgIpc) is 2.75. The fraction of sp³-hybridized carbons (Fsp3) is 0.250. The lowest BCUT2D eigenvalue weighted by molar-refractivity contribution is -0.0228. The van der Waals surface area contributed by atoms with Crippen LogP contribution in [-0.4, -0.2) is 37.7 Å². The van der Waals surface area contributed by atoms with Crippen LogP contribution in [0.5, 0.6) is 28.7 Å². The van der Waals surface area contributed by atoms with E-state index in [-0.39, 0.29) is 44.6 Å². The minimum atomic E-state index is -1.22. The average molecular weight is 306 g/mol. The predicted octanol–water partition coefficient (Wildman–Crippen LogP) is 1.81. The molecule has 1 aliphatic carbocycles. The van der Waals surface area contributed by atoms with Gasteiger partial charge in [0, 0.05) is 20.8 Å². The zero-order valence-electron chi connectivity index (χ0n) is 11.4. The lowest BCUT2D eigenvalue weighted by Crippen LogP contribution is -2.43. The smallest absolute Gasteiger partial charge is 0.200 e. The molecule has 0 radical (unpaired) electrons. The van der Waals surface area contributed by atoms with Crippen molar-refractivity contribution in [3.63, 3.8) is 0 Å². The molecule has 4 rings (SSSR count). The monoisotopic (exact) mass is 306 g/mol. The highest BCUT2D eigenvalue weighted by atomic mass is 16.5. The Bertz CT molecular complexity index is 810. The minimum Gasteiger partial charge on any atom is -0.504 e. The number of aliphatic hydroxyl groups is 1. The second-order valence-electron chi connectivity index (χ2n) is 5.89. The summed E-state index contributed by atoms with van der Waals surface area (Å²) in [7, 11) is 0. The van der Waals surface area contributed by atoms with E-state index in [4.69, 9.17) is 4.74 Å². The molecule has 0 amide bonds. The lowest BCUT2D eigenvalue weighted by Gasteiger charge is -2.36. The molecular formula is C16H18O6. The van der Waals surface area contributed by atoms with Crippen molar-refractivity contribution >= 4 is 0 Å². The summed E-state index contributed by atoms with van der Waals surface area (Å²) in [6.07, 6.45) is 0.266. The van der Waals surface area contributed by atoms with Crippen LogP contribution in [0.1, 0.15) is 25.5 Å². The first-order valence-corrected chi connectivity index (χ1v) is 6.85. The summed E-state index contributed by atoms with van der Waals surface area (Å²) < 4.78 is 5.46. The van der Waals surface area contributed by atoms with Crippen molar-refractivity contribution in [2.75, 3.05) is 6.61 Å². The number of fused-ring (bicyclic) bond motifs is 5. The van der Waals surface area contributed by atoms with E-state index in [1.54, 1.807) is 6.07 Å². The number of benzene rings is 2. The van der Waals surface area contributed by atoms with Crippen LogP contribution in [-0.2, 0) is 6.42 Å². The third-order valence-corrected chi connectivity index (χ3v) is 4.50. The molecule has 6 nitrogen and oxygen atoms in total. The van der Waals surface area contributed by atoms with Crippen molar-refractivity contribution in [1.29, 1.82) is 0 Å². The Labute approximate surface area is 128 Å². The van der Waals surface area contributed by atoms with Crippen LogP contribution in [0.15, 0.2) is 24.3 Å². The highest BCUT2D eigenvalue weighted by molar-refractivity contribution is 5.63. The van der Waals surface area contributed by atoms with E-state index < -0.39 is 11.5 Å². The first kappa shape index (κ1) is 13.1. The van der Waals surface area contributed by atoms with E-state index in [0.717, 1.165) is 0 Å². The van der Waals surface area contributed by atoms with Crippen LogP contribution >= 0.6 is 0 Å². The molecular weight excluding hydrogens is 288 g/mol. The van der Waals surface area contributed by atoms with Crippen LogP contribution in [0.3, 0.4) is 0 Å². The molecule has 2 aliphatic rings. The number of aromatic hydroxyl groups is 4. The fourth-order valence-corrected chi connectivity index (χ4v) is 3.52. The second-order valence-corrected chi connectivity index (χ2v) is 5.89. The molecule has 5 N–H and O–H groups in total. The molecule has 2 aromatic rings. The van der Waals surface area contributed by atoms with Crippen molar-refractivity contribution in [3.05, 3.63) is 41.0 Å². The van der Waals surface area contributed by atoms with Crippen LogP contribution in [0.2, 0.25) is 0 Å². The van der Waals surface area contributed by atoms with E-state index in [2.05, 4.69) is 0 Å². The summed E-state index contributed by atoms with van der Waals surface area (Å²) in [4.78, 5) is 0. The van der Waals surface area contributed by atoms with Crippen LogP contribution in [0.4, 0.5) is 0 Å². The maximum Gasteiger partial charge on any atom is 0.200 e. The number of hydrogen-bond donors (Lipinski definition) is 5. The lowest BCUT2D eigenvalue weighted by atomic mass is 9.80. The van der Waals surface area contributed by atoms with E-state index in [9.17, 15) is 25.5 Å². The molecule has 0 spiro atoms. The summed E-state index contributed by atoms with van der Waals surface area (Å²) in [5.74, 6) is -1.54.